The number of phenols is 1. The third kappa shape index (κ3) is 2.25. The third-order valence-corrected chi connectivity index (χ3v) is 2.55. The van der Waals surface area contributed by atoms with E-state index in [0.29, 0.717) is 18.3 Å². The highest BCUT2D eigenvalue weighted by Gasteiger charge is 2.24. The minimum Gasteiger partial charge on any atom is -0.508 e. The molecule has 1 aliphatic rings. The lowest BCUT2D eigenvalue weighted by Gasteiger charge is -2.16. The predicted molar refractivity (Wildman–Crippen MR) is 56.1 cm³/mol. The molecule has 0 spiro atoms. The van der Waals surface area contributed by atoms with E-state index >= 15 is 0 Å². The van der Waals surface area contributed by atoms with Gasteiger partial charge in [0.15, 0.2) is 0 Å². The third-order valence-electron chi connectivity index (χ3n) is 2.55. The number of benzene rings is 1. The highest BCUT2D eigenvalue weighted by atomic mass is 16.3. The second-order valence-electron chi connectivity index (χ2n) is 3.82. The van der Waals surface area contributed by atoms with Crippen LogP contribution >= 0.6 is 0 Å². The average Bonchev–Trinajstić information content (AvgIpc) is 3.00. The van der Waals surface area contributed by atoms with Crippen molar-refractivity contribution in [2.24, 2.45) is 5.73 Å². The summed E-state index contributed by atoms with van der Waals surface area (Å²) in [4.78, 5) is 0. The fourth-order valence-corrected chi connectivity index (χ4v) is 1.54. The van der Waals surface area contributed by atoms with Crippen LogP contribution in [0.1, 0.15) is 24.4 Å². The molecular formula is C11H16N2O. The summed E-state index contributed by atoms with van der Waals surface area (Å²) in [7, 11) is 0. The summed E-state index contributed by atoms with van der Waals surface area (Å²) < 4.78 is 0. The van der Waals surface area contributed by atoms with Crippen LogP contribution in [0.25, 0.3) is 0 Å². The van der Waals surface area contributed by atoms with Crippen LogP contribution in [0.3, 0.4) is 0 Å². The Labute approximate surface area is 83.9 Å². The number of phenolic OH excluding ortho intramolecular Hbond substituents is 1. The van der Waals surface area contributed by atoms with E-state index in [1.807, 2.05) is 12.1 Å². The molecule has 1 fully saturated rings. The number of aromatic hydroxyl groups is 1. The van der Waals surface area contributed by atoms with Crippen LogP contribution in [-0.4, -0.2) is 17.7 Å². The van der Waals surface area contributed by atoms with Gasteiger partial charge in [0.1, 0.15) is 5.75 Å². The van der Waals surface area contributed by atoms with Gasteiger partial charge in [-0.15, -0.1) is 0 Å². The lowest BCUT2D eigenvalue weighted by atomic mass is 10.1. The van der Waals surface area contributed by atoms with Crippen LogP contribution in [0.2, 0.25) is 0 Å². The van der Waals surface area contributed by atoms with E-state index in [2.05, 4.69) is 5.32 Å². The van der Waals surface area contributed by atoms with Crippen LogP contribution in [0.4, 0.5) is 0 Å². The molecule has 76 valence electrons. The van der Waals surface area contributed by atoms with Gasteiger partial charge in [0.05, 0.1) is 0 Å². The number of rotatable bonds is 4. The van der Waals surface area contributed by atoms with Crippen LogP contribution in [-0.2, 0) is 0 Å². The van der Waals surface area contributed by atoms with Gasteiger partial charge in [-0.3, -0.25) is 0 Å². The zero-order chi connectivity index (χ0) is 9.97. The van der Waals surface area contributed by atoms with Crippen molar-refractivity contribution in [3.8, 4) is 5.75 Å². The van der Waals surface area contributed by atoms with Crippen LogP contribution in [0, 0.1) is 0 Å². The highest BCUT2D eigenvalue weighted by molar-refractivity contribution is 5.28. The fourth-order valence-electron chi connectivity index (χ4n) is 1.54. The first-order chi connectivity index (χ1) is 6.79. The van der Waals surface area contributed by atoms with E-state index < -0.39 is 0 Å². The van der Waals surface area contributed by atoms with E-state index in [9.17, 15) is 0 Å². The number of hydrogen-bond donors (Lipinski definition) is 3. The lowest BCUT2D eigenvalue weighted by molar-refractivity contribution is 0.474. The molecule has 0 heterocycles. The van der Waals surface area contributed by atoms with Gasteiger partial charge >= 0.3 is 0 Å². The zero-order valence-electron chi connectivity index (χ0n) is 8.11. The molecule has 1 saturated carbocycles. The summed E-state index contributed by atoms with van der Waals surface area (Å²) in [6.07, 6.45) is 2.52. The van der Waals surface area contributed by atoms with Gasteiger partial charge < -0.3 is 16.2 Å². The molecule has 1 atom stereocenters. The Morgan fingerprint density at radius 3 is 2.50 bits per heavy atom. The zero-order valence-corrected chi connectivity index (χ0v) is 8.11. The number of nitrogens with one attached hydrogen (secondary N) is 1. The van der Waals surface area contributed by atoms with Crippen molar-refractivity contribution in [1.82, 2.24) is 5.32 Å². The SMILES string of the molecule is NCC(NC1CC1)c1ccc(O)cc1. The lowest BCUT2D eigenvalue weighted by Crippen LogP contribution is -2.29. The second-order valence-corrected chi connectivity index (χ2v) is 3.82. The minimum absolute atomic E-state index is 0.225. The Kier molecular flexibility index (Phi) is 2.70. The van der Waals surface area contributed by atoms with Crippen molar-refractivity contribution in [1.29, 1.82) is 0 Å². The summed E-state index contributed by atoms with van der Waals surface area (Å²) in [6.45, 7) is 0.598. The van der Waals surface area contributed by atoms with Gasteiger partial charge in [0, 0.05) is 18.6 Å². The van der Waals surface area contributed by atoms with Crippen molar-refractivity contribution in [2.75, 3.05) is 6.54 Å². The van der Waals surface area contributed by atoms with Gasteiger partial charge in [0.2, 0.25) is 0 Å². The topological polar surface area (TPSA) is 58.3 Å². The molecule has 4 N–H and O–H groups in total. The Hall–Kier alpha value is -1.06. The molecule has 2 rings (SSSR count). The average molecular weight is 192 g/mol. The quantitative estimate of drug-likeness (QED) is 0.670. The monoisotopic (exact) mass is 192 g/mol. The highest BCUT2D eigenvalue weighted by Crippen LogP contribution is 2.24. The molecule has 0 bridgehead atoms. The minimum atomic E-state index is 0.225. The molecule has 0 radical (unpaired) electrons. The summed E-state index contributed by atoms with van der Waals surface area (Å²) in [5, 5.41) is 12.6. The Bertz CT molecular complexity index is 293. The smallest absolute Gasteiger partial charge is 0.115 e. The normalized spacial score (nSPS) is 18.1. The molecule has 0 aliphatic heterocycles. The van der Waals surface area contributed by atoms with Crippen LogP contribution < -0.4 is 11.1 Å². The van der Waals surface area contributed by atoms with Gasteiger partial charge in [-0.1, -0.05) is 12.1 Å². The maximum atomic E-state index is 9.15. The first-order valence-electron chi connectivity index (χ1n) is 5.04. The Morgan fingerprint density at radius 2 is 2.00 bits per heavy atom. The Morgan fingerprint density at radius 1 is 1.36 bits per heavy atom. The maximum absolute atomic E-state index is 9.15. The molecule has 3 heteroatoms. The van der Waals surface area contributed by atoms with Gasteiger partial charge in [-0.05, 0) is 30.5 Å². The summed E-state index contributed by atoms with van der Waals surface area (Å²) in [6, 6.07) is 8.12. The summed E-state index contributed by atoms with van der Waals surface area (Å²) >= 11 is 0. The maximum Gasteiger partial charge on any atom is 0.115 e. The van der Waals surface area contributed by atoms with Crippen LogP contribution in [0.5, 0.6) is 5.75 Å². The molecule has 1 aromatic carbocycles. The van der Waals surface area contributed by atoms with Crippen LogP contribution in [0.15, 0.2) is 24.3 Å². The van der Waals surface area contributed by atoms with Gasteiger partial charge in [-0.25, -0.2) is 0 Å². The summed E-state index contributed by atoms with van der Waals surface area (Å²) in [5.74, 6) is 0.302. The molecule has 1 unspecified atom stereocenters. The standard InChI is InChI=1S/C11H16N2O/c12-7-11(13-9-3-4-9)8-1-5-10(14)6-2-8/h1-2,5-6,9,11,13-14H,3-4,7,12H2. The Balaban J connectivity index is 2.05. The fraction of sp³-hybridized carbons (Fsp3) is 0.455. The van der Waals surface area contributed by atoms with E-state index in [0.717, 1.165) is 5.56 Å². The predicted octanol–water partition coefficient (Wildman–Crippen LogP) is 1.14. The van der Waals surface area contributed by atoms with Crippen molar-refractivity contribution in [2.45, 2.75) is 24.9 Å². The molecule has 1 aliphatic carbocycles. The molecule has 3 nitrogen and oxygen atoms in total. The van der Waals surface area contributed by atoms with E-state index in [-0.39, 0.29) is 6.04 Å². The van der Waals surface area contributed by atoms with Crippen molar-refractivity contribution in [3.63, 3.8) is 0 Å². The number of hydrogen-bond acceptors (Lipinski definition) is 3. The molecule has 0 saturated heterocycles. The molecular weight excluding hydrogens is 176 g/mol. The largest absolute Gasteiger partial charge is 0.508 e. The second kappa shape index (κ2) is 3.98. The van der Waals surface area contributed by atoms with E-state index in [4.69, 9.17) is 10.8 Å². The molecule has 0 aromatic heterocycles. The van der Waals surface area contributed by atoms with Crippen molar-refractivity contribution < 1.29 is 5.11 Å². The van der Waals surface area contributed by atoms with Gasteiger partial charge in [-0.2, -0.15) is 0 Å². The van der Waals surface area contributed by atoms with E-state index in [1.54, 1.807) is 12.1 Å². The molecule has 1 aromatic rings. The molecule has 14 heavy (non-hydrogen) atoms. The first kappa shape index (κ1) is 9.49. The molecule has 0 amide bonds. The summed E-state index contributed by atoms with van der Waals surface area (Å²) in [5.41, 5.74) is 6.84. The van der Waals surface area contributed by atoms with Crippen molar-refractivity contribution in [3.05, 3.63) is 29.8 Å². The number of nitrogens with two attached hydrogens (primary N) is 1. The first-order valence-corrected chi connectivity index (χ1v) is 5.04. The van der Waals surface area contributed by atoms with Crippen molar-refractivity contribution >= 4 is 0 Å². The van der Waals surface area contributed by atoms with E-state index in [1.165, 1.54) is 12.8 Å². The van der Waals surface area contributed by atoms with Gasteiger partial charge in [0.25, 0.3) is 0 Å².